The van der Waals surface area contributed by atoms with Crippen LogP contribution in [0.2, 0.25) is 0 Å². The molecule has 0 unspecified atom stereocenters. The smallest absolute Gasteiger partial charge is 0.122 e. The molecule has 88 valence electrons. The first-order chi connectivity index (χ1) is 7.88. The van der Waals surface area contributed by atoms with Crippen molar-refractivity contribution in [2.24, 2.45) is 5.92 Å². The Hall–Kier alpha value is -1.09. The number of pyridine rings is 1. The minimum atomic E-state index is -0.0272. The summed E-state index contributed by atoms with van der Waals surface area (Å²) in [6, 6.07) is 3.66. The minimum Gasteiger partial charge on any atom is -0.493 e. The van der Waals surface area contributed by atoms with Crippen LogP contribution in [0.1, 0.15) is 37.8 Å². The van der Waals surface area contributed by atoms with Gasteiger partial charge in [-0.3, -0.25) is 4.98 Å². The number of hydrogen-bond acceptors (Lipinski definition) is 3. The molecule has 0 amide bonds. The first-order valence-electron chi connectivity index (χ1n) is 6.07. The Bertz CT molecular complexity index is 321. The van der Waals surface area contributed by atoms with Crippen molar-refractivity contribution in [3.05, 3.63) is 24.0 Å². The van der Waals surface area contributed by atoms with E-state index >= 15 is 0 Å². The second kappa shape index (κ2) is 5.85. The number of aromatic nitrogens is 1. The number of rotatable bonds is 4. The molecule has 0 aromatic carbocycles. The lowest BCUT2D eigenvalue weighted by Crippen LogP contribution is -2.15. The fraction of sp³-hybridized carbons (Fsp3) is 0.615. The summed E-state index contributed by atoms with van der Waals surface area (Å²) in [7, 11) is 0. The van der Waals surface area contributed by atoms with Gasteiger partial charge in [0, 0.05) is 12.3 Å². The van der Waals surface area contributed by atoms with Gasteiger partial charge >= 0.3 is 0 Å². The van der Waals surface area contributed by atoms with Crippen LogP contribution in [0.4, 0.5) is 0 Å². The Balaban J connectivity index is 1.83. The summed E-state index contributed by atoms with van der Waals surface area (Å²) in [4.78, 5) is 4.02. The molecule has 3 nitrogen and oxygen atoms in total. The highest BCUT2D eigenvalue weighted by atomic mass is 16.5. The van der Waals surface area contributed by atoms with E-state index in [0.29, 0.717) is 11.6 Å². The quantitative estimate of drug-likeness (QED) is 0.849. The Labute approximate surface area is 96.5 Å². The van der Waals surface area contributed by atoms with Gasteiger partial charge in [-0.1, -0.05) is 19.3 Å². The van der Waals surface area contributed by atoms with Gasteiger partial charge in [0.25, 0.3) is 0 Å². The zero-order valence-electron chi connectivity index (χ0n) is 9.56. The van der Waals surface area contributed by atoms with Gasteiger partial charge in [0.2, 0.25) is 0 Å². The number of aliphatic hydroxyl groups excluding tert-OH is 1. The lowest BCUT2D eigenvalue weighted by Gasteiger charge is -2.21. The molecule has 1 fully saturated rings. The average molecular weight is 221 g/mol. The largest absolute Gasteiger partial charge is 0.493 e. The Morgan fingerprint density at radius 1 is 1.31 bits per heavy atom. The van der Waals surface area contributed by atoms with Gasteiger partial charge in [0.15, 0.2) is 0 Å². The monoisotopic (exact) mass is 221 g/mol. The molecule has 1 aliphatic carbocycles. The zero-order chi connectivity index (χ0) is 11.2. The van der Waals surface area contributed by atoms with Gasteiger partial charge in [0.05, 0.1) is 18.9 Å². The van der Waals surface area contributed by atoms with Crippen LogP contribution in [0.25, 0.3) is 0 Å². The number of aliphatic hydroxyl groups is 1. The normalized spacial score (nSPS) is 17.3. The van der Waals surface area contributed by atoms with Crippen LogP contribution in [0.15, 0.2) is 18.3 Å². The van der Waals surface area contributed by atoms with Crippen LogP contribution >= 0.6 is 0 Å². The van der Waals surface area contributed by atoms with E-state index in [1.807, 2.05) is 12.1 Å². The topological polar surface area (TPSA) is 42.4 Å². The molecule has 0 aliphatic heterocycles. The Morgan fingerprint density at radius 3 is 2.88 bits per heavy atom. The van der Waals surface area contributed by atoms with Crippen molar-refractivity contribution in [1.82, 2.24) is 4.98 Å². The summed E-state index contributed by atoms with van der Waals surface area (Å²) < 4.78 is 5.74. The summed E-state index contributed by atoms with van der Waals surface area (Å²) in [6.07, 6.45) is 8.32. The highest BCUT2D eigenvalue weighted by Crippen LogP contribution is 2.24. The fourth-order valence-electron chi connectivity index (χ4n) is 2.20. The van der Waals surface area contributed by atoms with Gasteiger partial charge in [0.1, 0.15) is 5.75 Å². The van der Waals surface area contributed by atoms with Crippen molar-refractivity contribution in [1.29, 1.82) is 0 Å². The lowest BCUT2D eigenvalue weighted by atomic mass is 9.90. The number of ether oxygens (including phenoxy) is 1. The van der Waals surface area contributed by atoms with Crippen molar-refractivity contribution in [3.63, 3.8) is 0 Å². The van der Waals surface area contributed by atoms with E-state index in [9.17, 15) is 0 Å². The molecule has 1 aliphatic rings. The number of nitrogens with zero attached hydrogens (tertiary/aromatic N) is 1. The summed E-state index contributed by atoms with van der Waals surface area (Å²) in [5, 5.41) is 8.96. The van der Waals surface area contributed by atoms with Gasteiger partial charge in [-0.25, -0.2) is 0 Å². The zero-order valence-corrected chi connectivity index (χ0v) is 9.56. The third kappa shape index (κ3) is 3.20. The maximum absolute atomic E-state index is 8.96. The van der Waals surface area contributed by atoms with Crippen molar-refractivity contribution >= 4 is 0 Å². The molecule has 1 saturated carbocycles. The van der Waals surface area contributed by atoms with Gasteiger partial charge in [-0.15, -0.1) is 0 Å². The first-order valence-corrected chi connectivity index (χ1v) is 6.07. The van der Waals surface area contributed by atoms with E-state index in [4.69, 9.17) is 9.84 Å². The lowest BCUT2D eigenvalue weighted by molar-refractivity contribution is 0.207. The predicted octanol–water partition coefficient (Wildman–Crippen LogP) is 2.53. The molecule has 1 aromatic heterocycles. The highest BCUT2D eigenvalue weighted by molar-refractivity contribution is 5.22. The van der Waals surface area contributed by atoms with E-state index in [1.165, 1.54) is 32.1 Å². The molecular formula is C13H19NO2. The van der Waals surface area contributed by atoms with Crippen LogP contribution in [0.5, 0.6) is 5.75 Å². The average Bonchev–Trinajstić information content (AvgIpc) is 2.38. The molecule has 1 N–H and O–H groups in total. The Kier molecular flexibility index (Phi) is 4.17. The molecule has 2 rings (SSSR count). The van der Waals surface area contributed by atoms with E-state index < -0.39 is 0 Å². The highest BCUT2D eigenvalue weighted by Gasteiger charge is 2.13. The van der Waals surface area contributed by atoms with E-state index in [-0.39, 0.29) is 6.61 Å². The second-order valence-corrected chi connectivity index (χ2v) is 4.46. The SMILES string of the molecule is OCc1cc(OCC2CCCCC2)ccn1. The van der Waals surface area contributed by atoms with Crippen molar-refractivity contribution in [2.45, 2.75) is 38.7 Å². The fourth-order valence-corrected chi connectivity index (χ4v) is 2.20. The van der Waals surface area contributed by atoms with Crippen molar-refractivity contribution in [3.8, 4) is 5.75 Å². The molecule has 0 atom stereocenters. The number of hydrogen-bond donors (Lipinski definition) is 1. The van der Waals surface area contributed by atoms with Crippen LogP contribution in [0, 0.1) is 5.92 Å². The molecular weight excluding hydrogens is 202 g/mol. The van der Waals surface area contributed by atoms with E-state index in [2.05, 4.69) is 4.98 Å². The molecule has 1 aromatic rings. The third-order valence-electron chi connectivity index (χ3n) is 3.16. The molecule has 0 bridgehead atoms. The molecule has 0 radical (unpaired) electrons. The summed E-state index contributed by atoms with van der Waals surface area (Å²) in [5.41, 5.74) is 0.668. The Morgan fingerprint density at radius 2 is 2.12 bits per heavy atom. The summed E-state index contributed by atoms with van der Waals surface area (Å²) in [5.74, 6) is 1.53. The van der Waals surface area contributed by atoms with Crippen LogP contribution in [0.3, 0.4) is 0 Å². The minimum absolute atomic E-state index is 0.0272. The first kappa shape index (κ1) is 11.4. The summed E-state index contributed by atoms with van der Waals surface area (Å²) in [6.45, 7) is 0.773. The van der Waals surface area contributed by atoms with E-state index in [0.717, 1.165) is 12.4 Å². The van der Waals surface area contributed by atoms with Gasteiger partial charge in [-0.2, -0.15) is 0 Å². The van der Waals surface area contributed by atoms with Gasteiger partial charge in [-0.05, 0) is 24.8 Å². The third-order valence-corrected chi connectivity index (χ3v) is 3.16. The predicted molar refractivity (Wildman–Crippen MR) is 62.2 cm³/mol. The van der Waals surface area contributed by atoms with Crippen LogP contribution in [-0.2, 0) is 6.61 Å². The molecule has 3 heteroatoms. The van der Waals surface area contributed by atoms with Gasteiger partial charge < -0.3 is 9.84 Å². The molecule has 1 heterocycles. The standard InChI is InChI=1S/C13H19NO2/c15-9-12-8-13(6-7-14-12)16-10-11-4-2-1-3-5-11/h6-8,11,15H,1-5,9-10H2. The molecule has 0 spiro atoms. The van der Waals surface area contributed by atoms with Crippen molar-refractivity contribution in [2.75, 3.05) is 6.61 Å². The maximum Gasteiger partial charge on any atom is 0.122 e. The maximum atomic E-state index is 8.96. The van der Waals surface area contributed by atoms with Crippen LogP contribution < -0.4 is 4.74 Å². The van der Waals surface area contributed by atoms with E-state index in [1.54, 1.807) is 6.20 Å². The second-order valence-electron chi connectivity index (χ2n) is 4.46. The van der Waals surface area contributed by atoms with Crippen LogP contribution in [-0.4, -0.2) is 16.7 Å². The molecule has 16 heavy (non-hydrogen) atoms. The molecule has 0 saturated heterocycles. The van der Waals surface area contributed by atoms with Crippen molar-refractivity contribution < 1.29 is 9.84 Å². The summed E-state index contributed by atoms with van der Waals surface area (Å²) >= 11 is 0.